The minimum atomic E-state index is -3.92. The molecule has 6 nitrogen and oxygen atoms in total. The van der Waals surface area contributed by atoms with E-state index in [1.165, 1.54) is 11.5 Å². The fraction of sp³-hybridized carbons (Fsp3) is 0.125. The van der Waals surface area contributed by atoms with E-state index in [2.05, 4.69) is 0 Å². The van der Waals surface area contributed by atoms with Gasteiger partial charge in [0.1, 0.15) is 0 Å². The number of hydrogen-bond donors (Lipinski definition) is 3. The molecule has 0 atom stereocenters. The summed E-state index contributed by atoms with van der Waals surface area (Å²) in [5, 5.41) is 8.19. The number of nitrogens with one attached hydrogen (secondary N) is 2. The van der Waals surface area contributed by atoms with Crippen molar-refractivity contribution in [2.45, 2.75) is 11.8 Å². The Labute approximate surface area is 86.9 Å². The molecule has 7 heteroatoms. The van der Waals surface area contributed by atoms with Gasteiger partial charge < -0.3 is 0 Å². The van der Waals surface area contributed by atoms with Gasteiger partial charge in [-0.05, 0) is 18.6 Å². The zero-order valence-corrected chi connectivity index (χ0v) is 8.71. The summed E-state index contributed by atoms with van der Waals surface area (Å²) in [6, 6.07) is 4.99. The number of sulfonamides is 1. The molecule has 2 amide bonds. The van der Waals surface area contributed by atoms with Crippen molar-refractivity contribution in [2.75, 3.05) is 0 Å². The molecule has 15 heavy (non-hydrogen) atoms. The molecule has 0 saturated heterocycles. The van der Waals surface area contributed by atoms with E-state index in [-0.39, 0.29) is 4.90 Å². The molecule has 0 radical (unpaired) electrons. The van der Waals surface area contributed by atoms with E-state index in [4.69, 9.17) is 5.21 Å². The first-order valence-electron chi connectivity index (χ1n) is 4.00. The first-order valence-corrected chi connectivity index (χ1v) is 5.48. The van der Waals surface area contributed by atoms with Gasteiger partial charge in [0, 0.05) is 0 Å². The van der Waals surface area contributed by atoms with Crippen molar-refractivity contribution >= 4 is 16.1 Å². The second-order valence-electron chi connectivity index (χ2n) is 2.81. The van der Waals surface area contributed by atoms with Gasteiger partial charge in [-0.25, -0.2) is 23.4 Å². The average molecular weight is 230 g/mol. The third-order valence-corrected chi connectivity index (χ3v) is 3.20. The van der Waals surface area contributed by atoms with Gasteiger partial charge in [0.2, 0.25) is 0 Å². The Morgan fingerprint density at radius 1 is 1.33 bits per heavy atom. The lowest BCUT2D eigenvalue weighted by molar-refractivity contribution is 0.166. The van der Waals surface area contributed by atoms with Crippen molar-refractivity contribution in [3.8, 4) is 0 Å². The molecule has 1 aromatic rings. The van der Waals surface area contributed by atoms with E-state index in [0.717, 1.165) is 0 Å². The molecule has 3 N–H and O–H groups in total. The van der Waals surface area contributed by atoms with Crippen molar-refractivity contribution in [1.29, 1.82) is 0 Å². The van der Waals surface area contributed by atoms with Crippen LogP contribution < -0.4 is 10.2 Å². The largest absolute Gasteiger partial charge is 0.352 e. The van der Waals surface area contributed by atoms with Gasteiger partial charge in [-0.15, -0.1) is 0 Å². The summed E-state index contributed by atoms with van der Waals surface area (Å²) >= 11 is 0. The van der Waals surface area contributed by atoms with Crippen LogP contribution in [0.4, 0.5) is 4.79 Å². The number of carbonyl (C=O) groups excluding carboxylic acids is 1. The van der Waals surface area contributed by atoms with Gasteiger partial charge in [-0.1, -0.05) is 18.2 Å². The number of amides is 2. The lowest BCUT2D eigenvalue weighted by Gasteiger charge is -2.07. The molecular formula is C8H10N2O4S. The van der Waals surface area contributed by atoms with Gasteiger partial charge in [-0.3, -0.25) is 5.21 Å². The standard InChI is InChI=1S/C8H10N2O4S/c1-6-4-2-3-5-7(6)15(13,14)10-8(11)9-12/h2-5,12H,1H3,(H2,9,10,11). The molecule has 0 heterocycles. The summed E-state index contributed by atoms with van der Waals surface area (Å²) in [4.78, 5) is 10.7. The number of urea groups is 1. The van der Waals surface area contributed by atoms with Crippen LogP contribution in [-0.2, 0) is 10.0 Å². The lowest BCUT2D eigenvalue weighted by Crippen LogP contribution is -2.37. The first kappa shape index (κ1) is 11.5. The van der Waals surface area contributed by atoms with E-state index < -0.39 is 16.1 Å². The van der Waals surface area contributed by atoms with Gasteiger partial charge in [-0.2, -0.15) is 0 Å². The fourth-order valence-corrected chi connectivity index (χ4v) is 2.21. The van der Waals surface area contributed by atoms with Crippen LogP contribution in [-0.4, -0.2) is 19.7 Å². The molecule has 0 spiro atoms. The highest BCUT2D eigenvalue weighted by molar-refractivity contribution is 7.90. The van der Waals surface area contributed by atoms with E-state index in [1.807, 2.05) is 0 Å². The molecule has 1 aromatic carbocycles. The SMILES string of the molecule is Cc1ccccc1S(=O)(=O)NC(=O)NO. The predicted molar refractivity (Wildman–Crippen MR) is 51.8 cm³/mol. The summed E-state index contributed by atoms with van der Waals surface area (Å²) in [5.41, 5.74) is 1.69. The highest BCUT2D eigenvalue weighted by Crippen LogP contribution is 2.13. The number of carbonyl (C=O) groups is 1. The molecule has 0 aromatic heterocycles. The summed E-state index contributed by atoms with van der Waals surface area (Å²) in [7, 11) is -3.92. The van der Waals surface area contributed by atoms with Crippen LogP contribution in [0.1, 0.15) is 5.56 Å². The van der Waals surface area contributed by atoms with E-state index >= 15 is 0 Å². The number of benzene rings is 1. The molecule has 0 aliphatic heterocycles. The van der Waals surface area contributed by atoms with Gasteiger partial charge in [0.05, 0.1) is 4.90 Å². The molecule has 0 saturated carbocycles. The molecular weight excluding hydrogens is 220 g/mol. The minimum Gasteiger partial charge on any atom is -0.287 e. The Morgan fingerprint density at radius 2 is 1.93 bits per heavy atom. The average Bonchev–Trinajstić information content (AvgIpc) is 2.17. The van der Waals surface area contributed by atoms with Crippen LogP contribution >= 0.6 is 0 Å². The zero-order chi connectivity index (χ0) is 11.5. The highest BCUT2D eigenvalue weighted by Gasteiger charge is 2.18. The molecule has 0 aliphatic rings. The third-order valence-electron chi connectivity index (χ3n) is 1.71. The lowest BCUT2D eigenvalue weighted by atomic mass is 10.2. The van der Waals surface area contributed by atoms with Crippen molar-refractivity contribution in [1.82, 2.24) is 10.2 Å². The Morgan fingerprint density at radius 3 is 2.47 bits per heavy atom. The maximum Gasteiger partial charge on any atom is 0.352 e. The maximum absolute atomic E-state index is 11.5. The van der Waals surface area contributed by atoms with E-state index in [9.17, 15) is 13.2 Å². The van der Waals surface area contributed by atoms with Gasteiger partial charge in [0.15, 0.2) is 0 Å². The van der Waals surface area contributed by atoms with Gasteiger partial charge in [0.25, 0.3) is 10.0 Å². The molecule has 0 fully saturated rings. The third kappa shape index (κ3) is 2.67. The van der Waals surface area contributed by atoms with E-state index in [0.29, 0.717) is 5.56 Å². The molecule has 1 rings (SSSR count). The quantitative estimate of drug-likeness (QED) is 0.505. The Kier molecular flexibility index (Phi) is 3.28. The molecule has 0 bridgehead atoms. The Bertz CT molecular complexity index is 469. The van der Waals surface area contributed by atoms with Crippen LogP contribution in [0.5, 0.6) is 0 Å². The summed E-state index contributed by atoms with van der Waals surface area (Å²) in [5.74, 6) is 0. The molecule has 0 unspecified atom stereocenters. The predicted octanol–water partition coefficient (Wildman–Crippen LogP) is 0.372. The second-order valence-corrected chi connectivity index (χ2v) is 4.46. The monoisotopic (exact) mass is 230 g/mol. The van der Waals surface area contributed by atoms with Crippen molar-refractivity contribution < 1.29 is 18.4 Å². The molecule has 0 aliphatic carbocycles. The first-order chi connectivity index (χ1) is 6.97. The van der Waals surface area contributed by atoms with Gasteiger partial charge >= 0.3 is 6.03 Å². The van der Waals surface area contributed by atoms with Crippen molar-refractivity contribution in [2.24, 2.45) is 0 Å². The Balaban J connectivity index is 3.07. The van der Waals surface area contributed by atoms with Crippen LogP contribution in [0.25, 0.3) is 0 Å². The maximum atomic E-state index is 11.5. The van der Waals surface area contributed by atoms with Crippen LogP contribution in [0, 0.1) is 6.92 Å². The smallest absolute Gasteiger partial charge is 0.287 e. The number of hydroxylamine groups is 1. The topological polar surface area (TPSA) is 95.5 Å². The van der Waals surface area contributed by atoms with Crippen molar-refractivity contribution in [3.63, 3.8) is 0 Å². The zero-order valence-electron chi connectivity index (χ0n) is 7.89. The number of hydrogen-bond acceptors (Lipinski definition) is 4. The van der Waals surface area contributed by atoms with Crippen LogP contribution in [0.3, 0.4) is 0 Å². The summed E-state index contributed by atoms with van der Waals surface area (Å²) < 4.78 is 24.7. The molecule has 82 valence electrons. The van der Waals surface area contributed by atoms with Crippen LogP contribution in [0.15, 0.2) is 29.2 Å². The second kappa shape index (κ2) is 4.28. The number of aryl methyl sites for hydroxylation is 1. The fourth-order valence-electron chi connectivity index (χ4n) is 1.06. The van der Waals surface area contributed by atoms with E-state index in [1.54, 1.807) is 29.8 Å². The Hall–Kier alpha value is -1.60. The van der Waals surface area contributed by atoms with Crippen molar-refractivity contribution in [3.05, 3.63) is 29.8 Å². The summed E-state index contributed by atoms with van der Waals surface area (Å²) in [6.45, 7) is 1.60. The minimum absolute atomic E-state index is 0.00593. The number of rotatable bonds is 2. The van der Waals surface area contributed by atoms with Crippen LogP contribution in [0.2, 0.25) is 0 Å². The normalized spacial score (nSPS) is 10.8. The highest BCUT2D eigenvalue weighted by atomic mass is 32.2. The summed E-state index contributed by atoms with van der Waals surface area (Å²) in [6.07, 6.45) is 0.